The average Bonchev–Trinajstić information content (AvgIpc) is 2.48. The Morgan fingerprint density at radius 3 is 1.96 bits per heavy atom. The Labute approximate surface area is 152 Å². The molecule has 2 aromatic carbocycles. The largest absolute Gasteiger partial charge is 0.460 e. The molecule has 2 aromatic rings. The molecule has 0 N–H and O–H groups in total. The highest BCUT2D eigenvalue weighted by Crippen LogP contribution is 2.55. The minimum atomic E-state index is -6.49. The number of halogens is 9. The molecule has 27 heavy (non-hydrogen) atoms. The second-order valence-electron chi connectivity index (χ2n) is 5.77. The lowest BCUT2D eigenvalue weighted by Gasteiger charge is -2.28. The van der Waals surface area contributed by atoms with Crippen LogP contribution >= 0.6 is 11.8 Å². The van der Waals surface area contributed by atoms with Crippen LogP contribution in [-0.4, -0.2) is 17.4 Å². The molecule has 0 spiro atoms. The first-order chi connectivity index (χ1) is 12.2. The average molecular weight is 418 g/mol. The van der Waals surface area contributed by atoms with E-state index in [9.17, 15) is 39.5 Å². The van der Waals surface area contributed by atoms with Crippen LogP contribution in [0.1, 0.15) is 11.1 Å². The van der Waals surface area contributed by atoms with Gasteiger partial charge in [0.25, 0.3) is 0 Å². The van der Waals surface area contributed by atoms with Crippen molar-refractivity contribution in [2.75, 3.05) is 0 Å². The van der Waals surface area contributed by atoms with E-state index in [0.717, 1.165) is 12.1 Å². The highest BCUT2D eigenvalue weighted by Gasteiger charge is 2.73. The van der Waals surface area contributed by atoms with Gasteiger partial charge in [0.2, 0.25) is 0 Å². The minimum Gasteiger partial charge on any atom is -0.207 e. The van der Waals surface area contributed by atoms with Gasteiger partial charge in [0.15, 0.2) is 0 Å². The van der Waals surface area contributed by atoms with Crippen molar-refractivity contribution in [1.82, 2.24) is 0 Å². The van der Waals surface area contributed by atoms with Gasteiger partial charge in [-0.3, -0.25) is 0 Å². The molecular formula is C17H11F9S. The first-order valence-electron chi connectivity index (χ1n) is 7.25. The molecule has 148 valence electrons. The van der Waals surface area contributed by atoms with Gasteiger partial charge in [0, 0.05) is 16.0 Å². The maximum Gasteiger partial charge on any atom is 0.460 e. The monoisotopic (exact) mass is 418 g/mol. The first-order valence-corrected chi connectivity index (χ1v) is 8.07. The number of alkyl halides is 7. The van der Waals surface area contributed by atoms with Gasteiger partial charge in [-0.25, -0.2) is 8.78 Å². The number of hydrogen-bond acceptors (Lipinski definition) is 1. The predicted molar refractivity (Wildman–Crippen MR) is 83.1 cm³/mol. The van der Waals surface area contributed by atoms with E-state index in [-0.39, 0.29) is 16.7 Å². The molecule has 0 amide bonds. The highest BCUT2D eigenvalue weighted by molar-refractivity contribution is 8.00. The van der Waals surface area contributed by atoms with Gasteiger partial charge >= 0.3 is 17.4 Å². The molecule has 0 heterocycles. The summed E-state index contributed by atoms with van der Waals surface area (Å²) in [6, 6.07) is 4.39. The molecule has 0 aromatic heterocycles. The third-order valence-electron chi connectivity index (χ3n) is 3.60. The van der Waals surface area contributed by atoms with Crippen LogP contribution in [0.4, 0.5) is 39.5 Å². The van der Waals surface area contributed by atoms with Crippen molar-refractivity contribution >= 4 is 11.8 Å². The summed E-state index contributed by atoms with van der Waals surface area (Å²) in [6.07, 6.45) is -6.49. The number of aryl methyl sites for hydroxylation is 2. The molecule has 0 fully saturated rings. The van der Waals surface area contributed by atoms with Gasteiger partial charge in [-0.05, 0) is 61.0 Å². The standard InChI is InChI=1S/C17H11F9S/c1-8-5-9(2)14(11-7-10(18)3-4-12(11)19)13(6-8)27-17(25,26)15(20,21)16(22,23)24/h3-7H,1-2H3. The van der Waals surface area contributed by atoms with Crippen molar-refractivity contribution in [1.29, 1.82) is 0 Å². The van der Waals surface area contributed by atoms with Crippen LogP contribution in [0, 0.1) is 25.5 Å². The Morgan fingerprint density at radius 1 is 0.815 bits per heavy atom. The fourth-order valence-corrected chi connectivity index (χ4v) is 3.55. The third-order valence-corrected chi connectivity index (χ3v) is 4.66. The van der Waals surface area contributed by atoms with Crippen molar-refractivity contribution in [2.24, 2.45) is 0 Å². The van der Waals surface area contributed by atoms with E-state index < -0.39 is 51.2 Å². The summed E-state index contributed by atoms with van der Waals surface area (Å²) in [4.78, 5) is -0.731. The molecule has 0 atom stereocenters. The van der Waals surface area contributed by atoms with Crippen LogP contribution < -0.4 is 0 Å². The molecule has 0 aliphatic rings. The topological polar surface area (TPSA) is 0 Å². The van der Waals surface area contributed by atoms with Gasteiger partial charge in [-0.2, -0.15) is 30.7 Å². The van der Waals surface area contributed by atoms with Gasteiger partial charge in [0.05, 0.1) is 0 Å². The van der Waals surface area contributed by atoms with Crippen molar-refractivity contribution in [3.63, 3.8) is 0 Å². The van der Waals surface area contributed by atoms with Crippen molar-refractivity contribution in [3.8, 4) is 11.1 Å². The van der Waals surface area contributed by atoms with Gasteiger partial charge in [0.1, 0.15) is 11.6 Å². The number of benzene rings is 2. The third kappa shape index (κ3) is 4.04. The summed E-state index contributed by atoms with van der Waals surface area (Å²) in [5, 5.41) is -5.58. The van der Waals surface area contributed by atoms with Crippen LogP contribution in [0.3, 0.4) is 0 Å². The molecule has 0 radical (unpaired) electrons. The normalized spacial score (nSPS) is 13.1. The van der Waals surface area contributed by atoms with E-state index in [4.69, 9.17) is 0 Å². The van der Waals surface area contributed by atoms with E-state index in [2.05, 4.69) is 0 Å². The zero-order valence-electron chi connectivity index (χ0n) is 13.7. The van der Waals surface area contributed by atoms with E-state index in [0.29, 0.717) is 12.1 Å². The fraction of sp³-hybridized carbons (Fsp3) is 0.294. The Hall–Kier alpha value is -1.84. The lowest BCUT2D eigenvalue weighted by molar-refractivity contribution is -0.330. The SMILES string of the molecule is Cc1cc(C)c(-c2cc(F)ccc2F)c(SC(F)(F)C(F)(F)C(F)(F)F)c1. The molecule has 0 saturated carbocycles. The fourth-order valence-electron chi connectivity index (χ4n) is 2.41. The van der Waals surface area contributed by atoms with E-state index in [1.807, 2.05) is 0 Å². The first kappa shape index (κ1) is 21.5. The Bertz CT molecular complexity index is 856. The molecule has 0 aliphatic heterocycles. The molecule has 0 saturated heterocycles. The summed E-state index contributed by atoms with van der Waals surface area (Å²) in [5.74, 6) is -8.31. The number of thioether (sulfide) groups is 1. The van der Waals surface area contributed by atoms with Gasteiger partial charge in [-0.1, -0.05) is 6.07 Å². The van der Waals surface area contributed by atoms with E-state index >= 15 is 0 Å². The molecule has 0 bridgehead atoms. The molecule has 0 nitrogen and oxygen atoms in total. The second-order valence-corrected chi connectivity index (χ2v) is 6.93. The quantitative estimate of drug-likeness (QED) is 0.376. The molecule has 2 rings (SSSR count). The summed E-state index contributed by atoms with van der Waals surface area (Å²) in [5.41, 5.74) is -0.545. The van der Waals surface area contributed by atoms with Crippen molar-refractivity contribution in [3.05, 3.63) is 53.1 Å². The highest BCUT2D eigenvalue weighted by atomic mass is 32.2. The van der Waals surface area contributed by atoms with Crippen LogP contribution in [0.5, 0.6) is 0 Å². The summed E-state index contributed by atoms with van der Waals surface area (Å²) in [6.45, 7) is 2.71. The van der Waals surface area contributed by atoms with E-state index in [1.165, 1.54) is 19.9 Å². The van der Waals surface area contributed by atoms with Crippen LogP contribution in [0.2, 0.25) is 0 Å². The number of rotatable bonds is 4. The van der Waals surface area contributed by atoms with Crippen molar-refractivity contribution in [2.45, 2.75) is 36.1 Å². The Kier molecular flexibility index (Phi) is 5.53. The number of hydrogen-bond donors (Lipinski definition) is 0. The van der Waals surface area contributed by atoms with Gasteiger partial charge < -0.3 is 0 Å². The van der Waals surface area contributed by atoms with Crippen LogP contribution in [0.15, 0.2) is 35.2 Å². The second kappa shape index (κ2) is 6.96. The Morgan fingerprint density at radius 2 is 1.41 bits per heavy atom. The Balaban J connectivity index is 2.66. The summed E-state index contributed by atoms with van der Waals surface area (Å²) >= 11 is -1.05. The van der Waals surface area contributed by atoms with Crippen LogP contribution in [-0.2, 0) is 0 Å². The minimum absolute atomic E-state index is 0.105. The van der Waals surface area contributed by atoms with Crippen LogP contribution in [0.25, 0.3) is 11.1 Å². The van der Waals surface area contributed by atoms with Crippen molar-refractivity contribution < 1.29 is 39.5 Å². The molecule has 0 unspecified atom stereocenters. The zero-order valence-corrected chi connectivity index (χ0v) is 14.5. The smallest absolute Gasteiger partial charge is 0.207 e. The van der Waals surface area contributed by atoms with Gasteiger partial charge in [-0.15, -0.1) is 0 Å². The molecule has 0 aliphatic carbocycles. The van der Waals surface area contributed by atoms with E-state index in [1.54, 1.807) is 0 Å². The zero-order chi connectivity index (χ0) is 20.8. The lowest BCUT2D eigenvalue weighted by atomic mass is 9.98. The summed E-state index contributed by atoms with van der Waals surface area (Å²) in [7, 11) is 0. The summed E-state index contributed by atoms with van der Waals surface area (Å²) < 4.78 is 119. The maximum atomic E-state index is 14.1. The molecular weight excluding hydrogens is 407 g/mol. The lowest BCUT2D eigenvalue weighted by Crippen LogP contribution is -2.49. The maximum absolute atomic E-state index is 14.1. The molecule has 10 heteroatoms. The predicted octanol–water partition coefficient (Wildman–Crippen LogP) is 7.13.